The van der Waals surface area contributed by atoms with Crippen LogP contribution in [0.5, 0.6) is 0 Å². The molecule has 0 unspecified atom stereocenters. The second kappa shape index (κ2) is 6.83. The van der Waals surface area contributed by atoms with E-state index < -0.39 is 0 Å². The zero-order valence-corrected chi connectivity index (χ0v) is 14.6. The number of aromatic nitrogens is 3. The lowest BCUT2D eigenvalue weighted by Crippen LogP contribution is -2.18. The van der Waals surface area contributed by atoms with Gasteiger partial charge in [0.25, 0.3) is 0 Å². The van der Waals surface area contributed by atoms with Gasteiger partial charge in [0, 0.05) is 18.4 Å². The Labute approximate surface area is 145 Å². The first-order valence-corrected chi connectivity index (χ1v) is 9.32. The number of thiazole rings is 1. The zero-order valence-electron chi connectivity index (χ0n) is 13.8. The summed E-state index contributed by atoms with van der Waals surface area (Å²) in [6, 6.07) is 8.38. The summed E-state index contributed by atoms with van der Waals surface area (Å²) in [4.78, 5) is 16.1. The monoisotopic (exact) mass is 339 g/mol. The number of nitrogens with zero attached hydrogens (tertiary/aromatic N) is 4. The number of rotatable bonds is 5. The number of pyridine rings is 2. The van der Waals surface area contributed by atoms with E-state index in [0.717, 1.165) is 40.0 Å². The molecule has 0 bridgehead atoms. The molecule has 1 saturated heterocycles. The molecule has 124 valence electrons. The Morgan fingerprint density at radius 3 is 2.88 bits per heavy atom. The highest BCUT2D eigenvalue weighted by molar-refractivity contribution is 7.22. The molecule has 0 radical (unpaired) electrons. The summed E-state index contributed by atoms with van der Waals surface area (Å²) in [5.41, 5.74) is 3.18. The second-order valence-corrected chi connectivity index (χ2v) is 7.19. The van der Waals surface area contributed by atoms with Crippen molar-refractivity contribution >= 4 is 32.6 Å². The average molecular weight is 339 g/mol. The first-order chi connectivity index (χ1) is 11.8. The van der Waals surface area contributed by atoms with Crippen molar-refractivity contribution in [1.29, 1.82) is 0 Å². The summed E-state index contributed by atoms with van der Waals surface area (Å²) in [5.74, 6) is 0.849. The Morgan fingerprint density at radius 1 is 1.17 bits per heavy atom. The van der Waals surface area contributed by atoms with E-state index in [0.29, 0.717) is 0 Å². The van der Waals surface area contributed by atoms with Gasteiger partial charge in [0.1, 0.15) is 5.82 Å². The quantitative estimate of drug-likeness (QED) is 0.762. The van der Waals surface area contributed by atoms with Gasteiger partial charge < -0.3 is 5.32 Å². The average Bonchev–Trinajstić information content (AvgIpc) is 3.23. The summed E-state index contributed by atoms with van der Waals surface area (Å²) in [7, 11) is 0. The molecule has 3 aromatic heterocycles. The second-order valence-electron chi connectivity index (χ2n) is 6.15. The molecule has 6 heteroatoms. The highest BCUT2D eigenvalue weighted by atomic mass is 32.1. The van der Waals surface area contributed by atoms with Crippen LogP contribution in [0, 0.1) is 0 Å². The number of nitrogens with one attached hydrogen (secondary N) is 1. The van der Waals surface area contributed by atoms with Crippen molar-refractivity contribution in [2.75, 3.05) is 18.4 Å². The molecular formula is C18H21N5S. The minimum absolute atomic E-state index is 0.815. The molecule has 0 aromatic carbocycles. The van der Waals surface area contributed by atoms with E-state index in [2.05, 4.69) is 56.4 Å². The Balaban J connectivity index is 1.52. The summed E-state index contributed by atoms with van der Waals surface area (Å²) in [5, 5.41) is 4.18. The molecule has 0 atom stereocenters. The van der Waals surface area contributed by atoms with E-state index in [1.54, 1.807) is 11.3 Å². The molecule has 0 aliphatic carbocycles. The van der Waals surface area contributed by atoms with Crippen LogP contribution in [0.15, 0.2) is 30.5 Å². The fourth-order valence-electron chi connectivity index (χ4n) is 3.06. The lowest BCUT2D eigenvalue weighted by Gasteiger charge is -2.14. The Morgan fingerprint density at radius 2 is 2.04 bits per heavy atom. The van der Waals surface area contributed by atoms with E-state index in [-0.39, 0.29) is 0 Å². The van der Waals surface area contributed by atoms with Crippen molar-refractivity contribution in [3.63, 3.8) is 0 Å². The van der Waals surface area contributed by atoms with Gasteiger partial charge in [-0.3, -0.25) is 4.90 Å². The SMILES string of the molecule is CCc1ccc2sc(Nc3cc(CN4CCCC4)ccn3)nc2n1. The van der Waals surface area contributed by atoms with E-state index in [1.165, 1.54) is 31.5 Å². The van der Waals surface area contributed by atoms with Gasteiger partial charge in [0.15, 0.2) is 10.8 Å². The van der Waals surface area contributed by atoms with Crippen molar-refractivity contribution in [2.24, 2.45) is 0 Å². The smallest absolute Gasteiger partial charge is 0.191 e. The van der Waals surface area contributed by atoms with Crippen LogP contribution in [-0.2, 0) is 13.0 Å². The van der Waals surface area contributed by atoms with Crippen molar-refractivity contribution in [2.45, 2.75) is 32.7 Å². The summed E-state index contributed by atoms with van der Waals surface area (Å²) in [6.45, 7) is 5.51. The molecule has 1 N–H and O–H groups in total. The number of anilines is 2. The van der Waals surface area contributed by atoms with E-state index in [1.807, 2.05) is 6.20 Å². The van der Waals surface area contributed by atoms with Crippen LogP contribution in [0.1, 0.15) is 31.0 Å². The third-order valence-electron chi connectivity index (χ3n) is 4.34. The molecule has 5 nitrogen and oxygen atoms in total. The first kappa shape index (κ1) is 15.5. The van der Waals surface area contributed by atoms with Gasteiger partial charge in [0.05, 0.1) is 4.70 Å². The molecule has 3 aromatic rings. The van der Waals surface area contributed by atoms with Gasteiger partial charge in [-0.15, -0.1) is 0 Å². The number of hydrogen-bond donors (Lipinski definition) is 1. The maximum absolute atomic E-state index is 4.60. The first-order valence-electron chi connectivity index (χ1n) is 8.51. The molecule has 0 amide bonds. The fourth-order valence-corrected chi connectivity index (χ4v) is 3.87. The van der Waals surface area contributed by atoms with E-state index in [4.69, 9.17) is 0 Å². The molecule has 4 rings (SSSR count). The third kappa shape index (κ3) is 3.39. The highest BCUT2D eigenvalue weighted by Crippen LogP contribution is 2.27. The van der Waals surface area contributed by atoms with Crippen LogP contribution in [0.3, 0.4) is 0 Å². The van der Waals surface area contributed by atoms with Gasteiger partial charge in [-0.1, -0.05) is 18.3 Å². The lowest BCUT2D eigenvalue weighted by atomic mass is 10.2. The summed E-state index contributed by atoms with van der Waals surface area (Å²) >= 11 is 1.61. The van der Waals surface area contributed by atoms with Gasteiger partial charge >= 0.3 is 0 Å². The number of hydrogen-bond acceptors (Lipinski definition) is 6. The predicted molar refractivity (Wildman–Crippen MR) is 98.8 cm³/mol. The topological polar surface area (TPSA) is 53.9 Å². The van der Waals surface area contributed by atoms with Crippen LogP contribution < -0.4 is 5.32 Å². The van der Waals surface area contributed by atoms with E-state index in [9.17, 15) is 0 Å². The van der Waals surface area contributed by atoms with Gasteiger partial charge in [-0.2, -0.15) is 4.98 Å². The fraction of sp³-hybridized carbons (Fsp3) is 0.389. The largest absolute Gasteiger partial charge is 0.316 e. The third-order valence-corrected chi connectivity index (χ3v) is 5.26. The van der Waals surface area contributed by atoms with Gasteiger partial charge in [0.2, 0.25) is 0 Å². The maximum Gasteiger partial charge on any atom is 0.191 e. The molecule has 24 heavy (non-hydrogen) atoms. The molecule has 0 spiro atoms. The normalized spacial score (nSPS) is 15.2. The minimum atomic E-state index is 0.815. The molecule has 1 aliphatic heterocycles. The Hall–Kier alpha value is -2.05. The molecule has 1 fully saturated rings. The van der Waals surface area contributed by atoms with Crippen molar-refractivity contribution in [1.82, 2.24) is 19.9 Å². The van der Waals surface area contributed by atoms with Crippen LogP contribution >= 0.6 is 11.3 Å². The lowest BCUT2D eigenvalue weighted by molar-refractivity contribution is 0.331. The van der Waals surface area contributed by atoms with E-state index >= 15 is 0 Å². The molecule has 1 aliphatic rings. The van der Waals surface area contributed by atoms with Crippen molar-refractivity contribution in [3.8, 4) is 0 Å². The van der Waals surface area contributed by atoms with Crippen LogP contribution in [0.2, 0.25) is 0 Å². The van der Waals surface area contributed by atoms with Crippen LogP contribution in [0.4, 0.5) is 10.9 Å². The number of fused-ring (bicyclic) bond motifs is 1. The standard InChI is InChI=1S/C18H21N5S/c1-2-14-5-6-15-17(20-14)22-18(24-15)21-16-11-13(7-8-19-16)12-23-9-3-4-10-23/h5-8,11H,2-4,9-10,12H2,1H3,(H,19,20,21,22). The zero-order chi connectivity index (χ0) is 16.4. The van der Waals surface area contributed by atoms with Crippen molar-refractivity contribution < 1.29 is 0 Å². The maximum atomic E-state index is 4.60. The number of aryl methyl sites for hydroxylation is 1. The molecule has 0 saturated carbocycles. The van der Waals surface area contributed by atoms with Crippen LogP contribution in [0.25, 0.3) is 10.3 Å². The van der Waals surface area contributed by atoms with Crippen LogP contribution in [-0.4, -0.2) is 32.9 Å². The summed E-state index contributed by atoms with van der Waals surface area (Å²) < 4.78 is 1.10. The van der Waals surface area contributed by atoms with Gasteiger partial charge in [-0.05, 0) is 62.2 Å². The molecule has 4 heterocycles. The van der Waals surface area contributed by atoms with Gasteiger partial charge in [-0.25, -0.2) is 9.97 Å². The molecular weight excluding hydrogens is 318 g/mol. The highest BCUT2D eigenvalue weighted by Gasteiger charge is 2.12. The van der Waals surface area contributed by atoms with Crippen molar-refractivity contribution in [3.05, 3.63) is 41.7 Å². The number of likely N-dealkylation sites (tertiary alicyclic amines) is 1. The minimum Gasteiger partial charge on any atom is -0.316 e. The summed E-state index contributed by atoms with van der Waals surface area (Å²) in [6.07, 6.45) is 5.42. The predicted octanol–water partition coefficient (Wildman–Crippen LogP) is 3.99. The Kier molecular flexibility index (Phi) is 4.40. The Bertz CT molecular complexity index is 838.